The Kier molecular flexibility index (Phi) is 4.50. The molecule has 0 aliphatic heterocycles. The zero-order valence-electron chi connectivity index (χ0n) is 13.1. The monoisotopic (exact) mass is 321 g/mol. The van der Waals surface area contributed by atoms with E-state index in [9.17, 15) is 9.18 Å². The fraction of sp³-hybridized carbons (Fsp3) is 0.400. The summed E-state index contributed by atoms with van der Waals surface area (Å²) >= 11 is 0. The average Bonchev–Trinajstić information content (AvgIpc) is 2.69. The first kappa shape index (κ1) is 16.1. The fourth-order valence-corrected chi connectivity index (χ4v) is 7.36. The van der Waals surface area contributed by atoms with Gasteiger partial charge in [0.1, 0.15) is 5.82 Å². The molecule has 0 heterocycles. The number of hydrogen-bond donors (Lipinski definition) is 0. The first-order valence-electron chi connectivity index (χ1n) is 6.94. The Morgan fingerprint density at radius 3 is 2.67 bits per heavy atom. The molecule has 0 bridgehead atoms. The largest absolute Gasteiger partial charge is 0.440 e. The summed E-state index contributed by atoms with van der Waals surface area (Å²) < 4.78 is 19.7. The maximum Gasteiger partial charge on any atom is 0.307 e. The molecule has 1 aliphatic carbocycles. The predicted octanol–water partition coefficient (Wildman–Crippen LogP) is 3.50. The molecule has 3 nitrogen and oxygen atoms in total. The van der Waals surface area contributed by atoms with Gasteiger partial charge in [0, 0.05) is 5.56 Å². The van der Waals surface area contributed by atoms with Crippen LogP contribution in [0.25, 0.3) is 6.08 Å². The average molecular weight is 322 g/mol. The van der Waals surface area contributed by atoms with Crippen LogP contribution in [0.5, 0.6) is 0 Å². The molecule has 112 valence electrons. The van der Waals surface area contributed by atoms with Crippen LogP contribution in [0, 0.1) is 5.82 Å². The Balaban J connectivity index is 2.28. The minimum atomic E-state index is -2.37. The zero-order chi connectivity index (χ0) is 15.8. The van der Waals surface area contributed by atoms with E-state index >= 15 is 0 Å². The van der Waals surface area contributed by atoms with E-state index in [2.05, 4.69) is 4.98 Å². The maximum absolute atomic E-state index is 13.8. The van der Waals surface area contributed by atoms with E-state index in [0.717, 1.165) is 5.57 Å². The Morgan fingerprint density at radius 1 is 1.38 bits per heavy atom. The first-order chi connectivity index (χ1) is 9.69. The fourth-order valence-electron chi connectivity index (χ4n) is 2.57. The highest BCUT2D eigenvalue weighted by Gasteiger charge is 2.31. The Hall–Kier alpha value is -1.25. The molecule has 1 aromatic rings. The molecule has 1 aromatic carbocycles. The van der Waals surface area contributed by atoms with Gasteiger partial charge in [-0.05, 0) is 62.8 Å². The molecule has 21 heavy (non-hydrogen) atoms. The van der Waals surface area contributed by atoms with E-state index in [-0.39, 0.29) is 11.7 Å². The molecule has 2 rings (SSSR count). The molecule has 0 atom stereocenters. The van der Waals surface area contributed by atoms with Crippen LogP contribution in [0.2, 0.25) is 26.2 Å². The topological polar surface area (TPSA) is 40.4 Å². The van der Waals surface area contributed by atoms with Crippen molar-refractivity contribution in [1.82, 2.24) is 4.98 Å². The zero-order valence-corrected chi connectivity index (χ0v) is 15.1. The molecular weight excluding hydrogens is 301 g/mol. The number of fused-ring (bicyclic) bond motifs is 1. The van der Waals surface area contributed by atoms with Crippen molar-refractivity contribution in [3.8, 4) is 0 Å². The lowest BCUT2D eigenvalue weighted by Crippen LogP contribution is -2.48. The highest BCUT2D eigenvalue weighted by atomic mass is 28.4. The molecular formula is C15H20FNO2Si2. The molecule has 1 amide bonds. The molecule has 0 unspecified atom stereocenters. The second-order valence-electron chi connectivity index (χ2n) is 6.03. The number of carbonyl (C=O) groups is 1. The van der Waals surface area contributed by atoms with Gasteiger partial charge in [-0.1, -0.05) is 11.6 Å². The van der Waals surface area contributed by atoms with Gasteiger partial charge in [0.25, 0.3) is 5.91 Å². The molecule has 0 aromatic heterocycles. The van der Waals surface area contributed by atoms with Crippen LogP contribution >= 0.6 is 0 Å². The van der Waals surface area contributed by atoms with Crippen molar-refractivity contribution >= 4 is 29.5 Å². The Morgan fingerprint density at radius 2 is 2.05 bits per heavy atom. The van der Waals surface area contributed by atoms with Crippen molar-refractivity contribution in [3.05, 3.63) is 40.2 Å². The summed E-state index contributed by atoms with van der Waals surface area (Å²) in [5.74, 6) is -0.549. The summed E-state index contributed by atoms with van der Waals surface area (Å²) in [6.07, 6.45) is 2.45. The van der Waals surface area contributed by atoms with Crippen LogP contribution in [0.3, 0.4) is 0 Å². The first-order valence-corrected chi connectivity index (χ1v) is 12.2. The van der Waals surface area contributed by atoms with E-state index in [4.69, 9.17) is 4.12 Å². The van der Waals surface area contributed by atoms with Crippen LogP contribution in [0.1, 0.15) is 28.4 Å². The smallest absolute Gasteiger partial charge is 0.307 e. The van der Waals surface area contributed by atoms with Crippen molar-refractivity contribution in [2.24, 2.45) is 0 Å². The summed E-state index contributed by atoms with van der Waals surface area (Å²) in [7, 11) is -3.27. The van der Waals surface area contributed by atoms with E-state index in [1.807, 2.05) is 39.2 Å². The van der Waals surface area contributed by atoms with Crippen LogP contribution < -0.4 is 4.98 Å². The third-order valence-electron chi connectivity index (χ3n) is 3.20. The van der Waals surface area contributed by atoms with Gasteiger partial charge in [-0.3, -0.25) is 9.78 Å². The normalized spacial score (nSPS) is 14.1. The summed E-state index contributed by atoms with van der Waals surface area (Å²) in [5.41, 5.74) is 2.83. The van der Waals surface area contributed by atoms with E-state index in [1.165, 1.54) is 12.1 Å². The van der Waals surface area contributed by atoms with Gasteiger partial charge in [0.2, 0.25) is 0 Å². The third kappa shape index (κ3) is 3.69. The molecule has 1 aliphatic rings. The number of allylic oxidation sites excluding steroid dienone is 1. The highest BCUT2D eigenvalue weighted by molar-refractivity contribution is 6.77. The maximum atomic E-state index is 13.8. The molecule has 0 saturated carbocycles. The number of carbonyl (C=O) groups excluding carboxylic acids is 1. The van der Waals surface area contributed by atoms with Gasteiger partial charge < -0.3 is 4.12 Å². The van der Waals surface area contributed by atoms with Crippen molar-refractivity contribution in [1.29, 1.82) is 0 Å². The van der Waals surface area contributed by atoms with Crippen molar-refractivity contribution in [2.75, 3.05) is 0 Å². The third-order valence-corrected chi connectivity index (χ3v) is 7.57. The van der Waals surface area contributed by atoms with E-state index < -0.39 is 17.5 Å². The Labute approximate surface area is 128 Å². The summed E-state index contributed by atoms with van der Waals surface area (Å²) in [6.45, 7) is 9.82. The molecule has 0 N–H and O–H groups in total. The number of nitrogens with zero attached hydrogens (tertiary/aromatic N) is 1. The van der Waals surface area contributed by atoms with Crippen LogP contribution in [-0.4, -0.2) is 23.4 Å². The summed E-state index contributed by atoms with van der Waals surface area (Å²) in [6, 6.07) is 2.89. The minimum Gasteiger partial charge on any atom is -0.440 e. The SMILES string of the molecule is CC1=Cc2c(C(=O)[N][Si](C)(C)O[Si](C)C)ccc(F)c2C1. The van der Waals surface area contributed by atoms with Crippen molar-refractivity contribution in [3.63, 3.8) is 0 Å². The molecule has 0 saturated heterocycles. The number of halogens is 1. The molecule has 2 radical (unpaired) electrons. The number of benzene rings is 1. The molecule has 0 spiro atoms. The number of rotatable bonds is 4. The van der Waals surface area contributed by atoms with Gasteiger partial charge in [-0.15, -0.1) is 0 Å². The van der Waals surface area contributed by atoms with Crippen molar-refractivity contribution < 1.29 is 13.3 Å². The lowest BCUT2D eigenvalue weighted by molar-refractivity contribution is 0.0970. The van der Waals surface area contributed by atoms with E-state index in [0.29, 0.717) is 23.1 Å². The number of hydrogen-bond acceptors (Lipinski definition) is 2. The summed E-state index contributed by atoms with van der Waals surface area (Å²) in [5, 5.41) is 0. The minimum absolute atomic E-state index is 0.255. The second-order valence-corrected chi connectivity index (χ2v) is 11.8. The quantitative estimate of drug-likeness (QED) is 0.796. The molecule has 0 fully saturated rings. The highest BCUT2D eigenvalue weighted by Crippen LogP contribution is 2.30. The van der Waals surface area contributed by atoms with Gasteiger partial charge in [0.15, 0.2) is 9.04 Å². The standard InChI is InChI=1S/C15H20FNO2Si2/c1-10-8-12-11(6-7-14(16)13(12)9-10)15(18)17-21(4,5)19-20(2)3/h6-8H,9H2,1-5H3. The molecule has 6 heteroatoms. The van der Waals surface area contributed by atoms with Crippen LogP contribution in [0.15, 0.2) is 17.7 Å². The predicted molar refractivity (Wildman–Crippen MR) is 86.3 cm³/mol. The van der Waals surface area contributed by atoms with Gasteiger partial charge in [0.05, 0.1) is 0 Å². The van der Waals surface area contributed by atoms with Gasteiger partial charge in [-0.25, -0.2) is 4.39 Å². The summed E-state index contributed by atoms with van der Waals surface area (Å²) in [4.78, 5) is 16.8. The Bertz CT molecular complexity index is 612. The van der Waals surface area contributed by atoms with Crippen LogP contribution in [-0.2, 0) is 10.5 Å². The van der Waals surface area contributed by atoms with Gasteiger partial charge >= 0.3 is 8.48 Å². The lowest BCUT2D eigenvalue weighted by atomic mass is 10.0. The lowest BCUT2D eigenvalue weighted by Gasteiger charge is -2.24. The second kappa shape index (κ2) is 5.86. The van der Waals surface area contributed by atoms with Gasteiger partial charge in [-0.2, -0.15) is 0 Å². The van der Waals surface area contributed by atoms with Crippen molar-refractivity contribution in [2.45, 2.75) is 39.5 Å². The number of amides is 1. The van der Waals surface area contributed by atoms with Crippen LogP contribution in [0.4, 0.5) is 4.39 Å². The van der Waals surface area contributed by atoms with E-state index in [1.54, 1.807) is 0 Å².